The summed E-state index contributed by atoms with van der Waals surface area (Å²) in [5.41, 5.74) is 12.4. The molecule has 0 bridgehead atoms. The predicted molar refractivity (Wildman–Crippen MR) is 171 cm³/mol. The number of nitrogens with one attached hydrogen (secondary N) is 2. The van der Waals surface area contributed by atoms with Crippen LogP contribution in [0.1, 0.15) is 16.8 Å². The summed E-state index contributed by atoms with van der Waals surface area (Å²) in [7, 11) is 1.26. The van der Waals surface area contributed by atoms with Gasteiger partial charge in [-0.15, -0.1) is 23.1 Å². The summed E-state index contributed by atoms with van der Waals surface area (Å²) < 4.78 is 18.5. The first-order chi connectivity index (χ1) is 22.5. The topological polar surface area (TPSA) is 209 Å². The quantitative estimate of drug-likeness (QED) is 0.0599. The number of benzene rings is 1. The number of hydrogen-bond acceptors (Lipinski definition) is 11. The SMILES string of the molecule is CO/N=C(\C(=O)N[C@@H]1C(=O)N2C(C(=O)[O-])=C(C[n+]3ccc4ccn(Cc5c(F)cc(C(=N)N)cc5Cl)c4c3)CS[C@H]12)c1csc(N)n1. The Kier molecular flexibility index (Phi) is 8.61. The highest BCUT2D eigenvalue weighted by atomic mass is 35.5. The van der Waals surface area contributed by atoms with Crippen LogP contribution in [-0.4, -0.2) is 68.1 Å². The van der Waals surface area contributed by atoms with Gasteiger partial charge in [-0.05, 0) is 18.2 Å². The number of oxime groups is 1. The van der Waals surface area contributed by atoms with Crippen molar-refractivity contribution in [1.29, 1.82) is 5.41 Å². The second kappa shape index (κ2) is 12.7. The summed E-state index contributed by atoms with van der Waals surface area (Å²) in [6.07, 6.45) is 5.32. The normalized spacial score (nSPS) is 17.8. The van der Waals surface area contributed by atoms with Gasteiger partial charge in [-0.3, -0.25) is 19.9 Å². The van der Waals surface area contributed by atoms with E-state index >= 15 is 0 Å². The summed E-state index contributed by atoms with van der Waals surface area (Å²) in [4.78, 5) is 48.6. The minimum atomic E-state index is -1.52. The van der Waals surface area contributed by atoms with E-state index in [0.29, 0.717) is 11.1 Å². The Hall–Kier alpha value is -5.00. The van der Waals surface area contributed by atoms with Crippen LogP contribution in [0.15, 0.2) is 64.7 Å². The molecule has 47 heavy (non-hydrogen) atoms. The van der Waals surface area contributed by atoms with E-state index in [4.69, 9.17) is 33.3 Å². The minimum absolute atomic E-state index is 0.0862. The Labute approximate surface area is 278 Å². The lowest BCUT2D eigenvalue weighted by Gasteiger charge is -2.50. The number of thiazole rings is 1. The summed E-state index contributed by atoms with van der Waals surface area (Å²) in [6, 6.07) is 5.25. The number of hydrogen-bond donors (Lipinski definition) is 4. The number of carboxylic acid groups (broad SMARTS) is 1. The van der Waals surface area contributed by atoms with Gasteiger partial charge in [0.15, 0.2) is 29.8 Å². The molecule has 1 saturated heterocycles. The second-order valence-corrected chi connectivity index (χ2v) is 12.9. The van der Waals surface area contributed by atoms with Crippen LogP contribution in [0, 0.1) is 11.2 Å². The lowest BCUT2D eigenvalue weighted by atomic mass is 10.0. The fourth-order valence-corrected chi connectivity index (χ4v) is 7.55. The maximum Gasteiger partial charge on any atom is 0.276 e. The van der Waals surface area contributed by atoms with Crippen LogP contribution in [0.2, 0.25) is 5.02 Å². The highest BCUT2D eigenvalue weighted by Gasteiger charge is 2.53. The molecule has 18 heteroatoms. The molecule has 0 aliphatic carbocycles. The molecule has 1 fully saturated rings. The van der Waals surface area contributed by atoms with Crippen LogP contribution in [0.5, 0.6) is 0 Å². The van der Waals surface area contributed by atoms with Crippen molar-refractivity contribution in [3.8, 4) is 0 Å². The molecule has 0 spiro atoms. The zero-order chi connectivity index (χ0) is 33.6. The molecular formula is C29H25ClFN9O5S2. The van der Waals surface area contributed by atoms with Crippen LogP contribution in [0.3, 0.4) is 0 Å². The summed E-state index contributed by atoms with van der Waals surface area (Å²) in [5.74, 6) is -3.54. The molecule has 0 saturated carbocycles. The molecule has 6 rings (SSSR count). The van der Waals surface area contributed by atoms with Gasteiger partial charge in [0.1, 0.15) is 41.4 Å². The fraction of sp³-hybridized carbons (Fsp3) is 0.207. The van der Waals surface area contributed by atoms with Crippen LogP contribution in [0.4, 0.5) is 9.52 Å². The molecule has 3 aromatic heterocycles. The number of nitrogens with zero attached hydrogens (tertiary/aromatic N) is 5. The Morgan fingerprint density at radius 2 is 2.15 bits per heavy atom. The molecule has 2 aliphatic rings. The van der Waals surface area contributed by atoms with Crippen molar-refractivity contribution in [2.75, 3.05) is 18.6 Å². The van der Waals surface area contributed by atoms with Gasteiger partial charge in [-0.2, -0.15) is 4.57 Å². The lowest BCUT2D eigenvalue weighted by molar-refractivity contribution is -0.687. The molecule has 2 amide bonds. The number of aliphatic carboxylic acids is 1. The molecule has 242 valence electrons. The van der Waals surface area contributed by atoms with Crippen LogP contribution in [0.25, 0.3) is 10.9 Å². The standard InChI is InChI=1S/C29H25ClFN9O5S2/c1-45-37-21(19-12-47-29(34)35-19)25(41)36-22-26(42)40-23(28(43)44)15(11-46-27(22)40)8-38-4-2-13-3-5-39(20(13)10-38)9-16-17(30)6-14(24(32)33)7-18(16)31/h2-7,10,12,22,27H,8-9,11H2,1H3,(H6-,32,33,34,35,36,41,43,44)/b37-21-/t22-,27-/m1/s1. The van der Waals surface area contributed by atoms with Crippen molar-refractivity contribution < 1.29 is 33.3 Å². The first-order valence-electron chi connectivity index (χ1n) is 13.8. The molecule has 6 N–H and O–H groups in total. The van der Waals surface area contributed by atoms with Crippen LogP contribution >= 0.6 is 34.7 Å². The average molecular weight is 698 g/mol. The molecule has 0 radical (unpaired) electrons. The Bertz CT molecular complexity index is 2020. The van der Waals surface area contributed by atoms with Crippen LogP contribution < -0.4 is 26.5 Å². The van der Waals surface area contributed by atoms with Crippen molar-refractivity contribution in [3.05, 3.63) is 87.2 Å². The molecule has 4 aromatic rings. The largest absolute Gasteiger partial charge is 0.543 e. The number of halogens is 2. The highest BCUT2D eigenvalue weighted by Crippen LogP contribution is 2.40. The number of β-lactam (4-membered cyclic amide) rings is 1. The monoisotopic (exact) mass is 697 g/mol. The third-order valence-electron chi connectivity index (χ3n) is 7.62. The van der Waals surface area contributed by atoms with Gasteiger partial charge in [0, 0.05) is 50.5 Å². The van der Waals surface area contributed by atoms with E-state index in [0.717, 1.165) is 27.7 Å². The van der Waals surface area contributed by atoms with Crippen molar-refractivity contribution in [2.45, 2.75) is 24.5 Å². The molecular weight excluding hydrogens is 673 g/mol. The number of rotatable bonds is 10. The van der Waals surface area contributed by atoms with Crippen molar-refractivity contribution in [2.24, 2.45) is 10.9 Å². The van der Waals surface area contributed by atoms with Crippen LogP contribution in [-0.2, 0) is 32.3 Å². The Morgan fingerprint density at radius 3 is 2.81 bits per heavy atom. The zero-order valence-corrected chi connectivity index (χ0v) is 26.8. The van der Waals surface area contributed by atoms with Gasteiger partial charge in [-0.1, -0.05) is 16.8 Å². The number of pyridine rings is 1. The van der Waals surface area contributed by atoms with Gasteiger partial charge in [0.05, 0.1) is 18.2 Å². The van der Waals surface area contributed by atoms with E-state index in [2.05, 4.69) is 15.5 Å². The number of amidine groups is 1. The first-order valence-corrected chi connectivity index (χ1v) is 16.1. The summed E-state index contributed by atoms with van der Waals surface area (Å²) in [5, 5.41) is 28.3. The number of aromatic nitrogens is 3. The fourth-order valence-electron chi connectivity index (χ4n) is 5.40. The molecule has 0 unspecified atom stereocenters. The number of fused-ring (bicyclic) bond motifs is 2. The van der Waals surface area contributed by atoms with Crippen molar-refractivity contribution >= 4 is 80.1 Å². The van der Waals surface area contributed by atoms with Gasteiger partial charge in [0.2, 0.25) is 0 Å². The van der Waals surface area contributed by atoms with Gasteiger partial charge in [-0.25, -0.2) is 9.37 Å². The van der Waals surface area contributed by atoms with E-state index in [1.165, 1.54) is 30.3 Å². The number of anilines is 1. The number of nitrogens with two attached hydrogens (primary N) is 2. The molecule has 1 aromatic carbocycles. The Morgan fingerprint density at radius 1 is 1.36 bits per heavy atom. The van der Waals surface area contributed by atoms with E-state index in [-0.39, 0.29) is 63.1 Å². The molecule has 2 atom stereocenters. The molecule has 14 nitrogen and oxygen atoms in total. The lowest BCUT2D eigenvalue weighted by Crippen LogP contribution is -2.71. The maximum absolute atomic E-state index is 14.9. The summed E-state index contributed by atoms with van der Waals surface area (Å²) >= 11 is 8.73. The number of thioether (sulfide) groups is 1. The van der Waals surface area contributed by atoms with Crippen molar-refractivity contribution in [3.63, 3.8) is 0 Å². The maximum atomic E-state index is 14.9. The van der Waals surface area contributed by atoms with Gasteiger partial charge < -0.3 is 36.1 Å². The first kappa shape index (κ1) is 32.0. The molecule has 5 heterocycles. The van der Waals surface area contributed by atoms with Crippen molar-refractivity contribution in [1.82, 2.24) is 19.8 Å². The van der Waals surface area contributed by atoms with E-state index in [1.807, 2.05) is 12.1 Å². The van der Waals surface area contributed by atoms with Gasteiger partial charge in [0.25, 0.3) is 11.8 Å². The third kappa shape index (κ3) is 5.99. The summed E-state index contributed by atoms with van der Waals surface area (Å²) in [6.45, 7) is 0.201. The van der Waals surface area contributed by atoms with E-state index < -0.39 is 35.0 Å². The second-order valence-electron chi connectivity index (χ2n) is 10.5. The van der Waals surface area contributed by atoms with E-state index in [1.54, 1.807) is 27.7 Å². The smallest absolute Gasteiger partial charge is 0.276 e. The number of carbonyl (C=O) groups is 3. The molecule has 2 aliphatic heterocycles. The number of nitrogen functional groups attached to an aromatic ring is 2. The predicted octanol–water partition coefficient (Wildman–Crippen LogP) is 0.547. The third-order valence-corrected chi connectivity index (χ3v) is 9.97. The minimum Gasteiger partial charge on any atom is -0.543 e. The average Bonchev–Trinajstić information content (AvgIpc) is 3.65. The van der Waals surface area contributed by atoms with Gasteiger partial charge >= 0.3 is 0 Å². The zero-order valence-electron chi connectivity index (χ0n) is 24.4. The highest BCUT2D eigenvalue weighted by molar-refractivity contribution is 8.00. The number of amides is 2. The number of carbonyl (C=O) groups excluding carboxylic acids is 3. The Balaban J connectivity index is 1.22. The number of carboxylic acids is 1. The van der Waals surface area contributed by atoms with E-state index in [9.17, 15) is 23.9 Å².